The van der Waals surface area contributed by atoms with Gasteiger partial charge in [-0.25, -0.2) is 0 Å². The Morgan fingerprint density at radius 1 is 1.00 bits per heavy atom. The topological polar surface area (TPSA) is 51.2 Å². The van der Waals surface area contributed by atoms with E-state index in [1.54, 1.807) is 12.1 Å². The number of allylic oxidation sites excluding steroid dienone is 1. The Balaban J connectivity index is 2.43. The smallest absolute Gasteiger partial charge is 0.232 e. The molecule has 0 heterocycles. The molecule has 0 spiro atoms. The van der Waals surface area contributed by atoms with Crippen LogP contribution in [0.1, 0.15) is 12.5 Å². The van der Waals surface area contributed by atoms with Gasteiger partial charge in [-0.15, -0.1) is 0 Å². The lowest BCUT2D eigenvalue weighted by molar-refractivity contribution is -0.135. The van der Waals surface area contributed by atoms with E-state index in [0.29, 0.717) is 0 Å². The van der Waals surface area contributed by atoms with Crippen LogP contribution in [0.3, 0.4) is 0 Å². The van der Waals surface area contributed by atoms with E-state index < -0.39 is 17.5 Å². The van der Waals surface area contributed by atoms with E-state index in [-0.39, 0.29) is 11.4 Å². The van der Waals surface area contributed by atoms with Gasteiger partial charge in [0.15, 0.2) is 5.78 Å². The number of benzene rings is 1. The Hall–Kier alpha value is -2.03. The lowest BCUT2D eigenvalue weighted by Gasteiger charge is -1.95. The summed E-state index contributed by atoms with van der Waals surface area (Å²) >= 11 is 0. The predicted molar refractivity (Wildman–Crippen MR) is 58.6 cm³/mol. The third-order valence-corrected chi connectivity index (χ3v) is 2.63. The molecule has 3 heteroatoms. The molecule has 0 N–H and O–H groups in total. The monoisotopic (exact) mass is 214 g/mol. The van der Waals surface area contributed by atoms with Crippen molar-refractivity contribution in [3.8, 4) is 0 Å². The molecule has 3 nitrogen and oxygen atoms in total. The molecular formula is C13H10O3. The summed E-state index contributed by atoms with van der Waals surface area (Å²) in [6.07, 6.45) is 1.48. The maximum absolute atomic E-state index is 11.6. The third kappa shape index (κ3) is 1.60. The van der Waals surface area contributed by atoms with Crippen LogP contribution in [0.4, 0.5) is 0 Å². The van der Waals surface area contributed by atoms with Crippen molar-refractivity contribution in [3.63, 3.8) is 0 Å². The molecule has 1 fully saturated rings. The third-order valence-electron chi connectivity index (χ3n) is 2.63. The second-order valence-electron chi connectivity index (χ2n) is 3.75. The number of ketones is 3. The zero-order valence-corrected chi connectivity index (χ0v) is 8.77. The highest BCUT2D eigenvalue weighted by atomic mass is 16.2. The average molecular weight is 214 g/mol. The van der Waals surface area contributed by atoms with Gasteiger partial charge in [-0.3, -0.25) is 14.4 Å². The molecule has 0 aromatic heterocycles. The van der Waals surface area contributed by atoms with Crippen LogP contribution in [0.25, 0.3) is 6.08 Å². The highest BCUT2D eigenvalue weighted by Crippen LogP contribution is 2.22. The molecule has 1 saturated carbocycles. The highest BCUT2D eigenvalue weighted by molar-refractivity contribution is 6.60. The van der Waals surface area contributed by atoms with Gasteiger partial charge in [0.05, 0.1) is 11.5 Å². The summed E-state index contributed by atoms with van der Waals surface area (Å²) in [7, 11) is 0. The molecule has 80 valence electrons. The van der Waals surface area contributed by atoms with Crippen LogP contribution >= 0.6 is 0 Å². The molecule has 16 heavy (non-hydrogen) atoms. The molecule has 0 bridgehead atoms. The van der Waals surface area contributed by atoms with Gasteiger partial charge in [-0.1, -0.05) is 30.3 Å². The molecule has 1 atom stereocenters. The number of carbonyl (C=O) groups is 3. The summed E-state index contributed by atoms with van der Waals surface area (Å²) in [6, 6.07) is 9.01. The standard InChI is InChI=1S/C13H10O3/c1-8-11(14)10(13(16)12(8)15)7-9-5-3-2-4-6-9/h2-8H,1H3. The first-order valence-electron chi connectivity index (χ1n) is 5.01. The highest BCUT2D eigenvalue weighted by Gasteiger charge is 2.41. The molecule has 0 radical (unpaired) electrons. The van der Waals surface area contributed by atoms with E-state index >= 15 is 0 Å². The van der Waals surface area contributed by atoms with E-state index in [2.05, 4.69) is 0 Å². The van der Waals surface area contributed by atoms with Crippen LogP contribution in [0, 0.1) is 5.92 Å². The first kappa shape index (κ1) is 10.5. The number of hydrogen-bond donors (Lipinski definition) is 0. The summed E-state index contributed by atoms with van der Waals surface area (Å²) in [5, 5.41) is 0. The molecule has 2 rings (SSSR count). The van der Waals surface area contributed by atoms with Crippen LogP contribution in [-0.2, 0) is 14.4 Å². The lowest BCUT2D eigenvalue weighted by atomic mass is 10.1. The molecule has 0 amide bonds. The Morgan fingerprint density at radius 2 is 1.62 bits per heavy atom. The second kappa shape index (κ2) is 3.85. The van der Waals surface area contributed by atoms with Crippen LogP contribution in [0.2, 0.25) is 0 Å². The maximum Gasteiger partial charge on any atom is 0.232 e. The minimum Gasteiger partial charge on any atom is -0.293 e. The number of hydrogen-bond acceptors (Lipinski definition) is 3. The summed E-state index contributed by atoms with van der Waals surface area (Å²) < 4.78 is 0. The molecule has 1 aromatic rings. The van der Waals surface area contributed by atoms with Crippen molar-refractivity contribution in [1.29, 1.82) is 0 Å². The van der Waals surface area contributed by atoms with Gasteiger partial charge >= 0.3 is 0 Å². The Labute approximate surface area is 92.8 Å². The van der Waals surface area contributed by atoms with Crippen LogP contribution in [-0.4, -0.2) is 17.3 Å². The minimum atomic E-state index is -0.817. The lowest BCUT2D eigenvalue weighted by Crippen LogP contribution is -2.12. The Kier molecular flexibility index (Phi) is 2.52. The fourth-order valence-electron chi connectivity index (χ4n) is 1.65. The normalized spacial score (nSPS) is 23.2. The van der Waals surface area contributed by atoms with Crippen molar-refractivity contribution >= 4 is 23.4 Å². The van der Waals surface area contributed by atoms with Crippen molar-refractivity contribution in [2.45, 2.75) is 6.92 Å². The predicted octanol–water partition coefficient (Wildman–Crippen LogP) is 1.43. The van der Waals surface area contributed by atoms with E-state index in [1.807, 2.05) is 18.2 Å². The zero-order valence-electron chi connectivity index (χ0n) is 8.77. The molecular weight excluding hydrogens is 204 g/mol. The summed E-state index contributed by atoms with van der Waals surface area (Å²) in [5.74, 6) is -2.46. The summed E-state index contributed by atoms with van der Waals surface area (Å²) in [6.45, 7) is 1.47. The van der Waals surface area contributed by atoms with Gasteiger partial charge in [-0.05, 0) is 18.6 Å². The Morgan fingerprint density at radius 3 is 2.12 bits per heavy atom. The molecule has 1 aliphatic rings. The maximum atomic E-state index is 11.6. The van der Waals surface area contributed by atoms with Gasteiger partial charge < -0.3 is 0 Å². The van der Waals surface area contributed by atoms with Crippen LogP contribution in [0.5, 0.6) is 0 Å². The number of carbonyl (C=O) groups excluding carboxylic acids is 3. The van der Waals surface area contributed by atoms with Gasteiger partial charge in [-0.2, -0.15) is 0 Å². The van der Waals surface area contributed by atoms with Crippen molar-refractivity contribution in [3.05, 3.63) is 41.5 Å². The number of Topliss-reactive ketones (excluding diaryl/α,β-unsaturated/α-hetero) is 3. The summed E-state index contributed by atoms with van der Waals surface area (Å²) in [4.78, 5) is 34.4. The van der Waals surface area contributed by atoms with Gasteiger partial charge in [0.2, 0.25) is 11.6 Å². The molecule has 1 unspecified atom stereocenters. The quantitative estimate of drug-likeness (QED) is 0.307. The number of rotatable bonds is 1. The van der Waals surface area contributed by atoms with Crippen LogP contribution < -0.4 is 0 Å². The van der Waals surface area contributed by atoms with Crippen LogP contribution in [0.15, 0.2) is 35.9 Å². The second-order valence-corrected chi connectivity index (χ2v) is 3.75. The molecule has 0 saturated heterocycles. The average Bonchev–Trinajstić information content (AvgIpc) is 2.48. The van der Waals surface area contributed by atoms with Gasteiger partial charge in [0.25, 0.3) is 0 Å². The van der Waals surface area contributed by atoms with E-state index in [4.69, 9.17) is 0 Å². The largest absolute Gasteiger partial charge is 0.293 e. The molecule has 0 aliphatic heterocycles. The minimum absolute atomic E-state index is 0.00343. The van der Waals surface area contributed by atoms with E-state index in [9.17, 15) is 14.4 Å². The van der Waals surface area contributed by atoms with Gasteiger partial charge in [0, 0.05) is 0 Å². The summed E-state index contributed by atoms with van der Waals surface area (Å²) in [5.41, 5.74) is 0.754. The fourth-order valence-corrected chi connectivity index (χ4v) is 1.65. The van der Waals surface area contributed by atoms with Gasteiger partial charge in [0.1, 0.15) is 0 Å². The van der Waals surface area contributed by atoms with E-state index in [0.717, 1.165) is 5.56 Å². The molecule has 1 aromatic carbocycles. The first-order valence-corrected chi connectivity index (χ1v) is 5.01. The molecule has 1 aliphatic carbocycles. The van der Waals surface area contributed by atoms with Crippen molar-refractivity contribution in [2.24, 2.45) is 5.92 Å². The van der Waals surface area contributed by atoms with Crippen molar-refractivity contribution in [2.75, 3.05) is 0 Å². The van der Waals surface area contributed by atoms with Crippen molar-refractivity contribution in [1.82, 2.24) is 0 Å². The van der Waals surface area contributed by atoms with E-state index in [1.165, 1.54) is 13.0 Å². The SMILES string of the molecule is CC1C(=O)C(=O)C(=Cc2ccccc2)C1=O. The zero-order chi connectivity index (χ0) is 11.7. The van der Waals surface area contributed by atoms with Crippen molar-refractivity contribution < 1.29 is 14.4 Å². The first-order chi connectivity index (χ1) is 7.61. The Bertz CT molecular complexity index is 497. The fraction of sp³-hybridized carbons (Fsp3) is 0.154.